The molecule has 1 N–H and O–H groups in total. The van der Waals surface area contributed by atoms with E-state index in [-0.39, 0.29) is 11.9 Å². The summed E-state index contributed by atoms with van der Waals surface area (Å²) in [6, 6.07) is 12.8. The number of nitrogens with one attached hydrogen (secondary N) is 1. The number of halogens is 1. The van der Waals surface area contributed by atoms with Gasteiger partial charge in [0.2, 0.25) is 0 Å². The molecule has 0 bridgehead atoms. The second kappa shape index (κ2) is 7.14. The van der Waals surface area contributed by atoms with Crippen molar-refractivity contribution >= 4 is 17.5 Å². The lowest BCUT2D eigenvalue weighted by atomic mass is 10.0. The lowest BCUT2D eigenvalue weighted by Crippen LogP contribution is -2.29. The molecule has 3 rings (SSSR count). The molecule has 2 aromatic rings. The predicted octanol–water partition coefficient (Wildman–Crippen LogP) is 4.24. The largest absolute Gasteiger partial charge is 0.497 e. The molecule has 1 aliphatic carbocycles. The van der Waals surface area contributed by atoms with Gasteiger partial charge in [-0.3, -0.25) is 4.79 Å². The van der Waals surface area contributed by atoms with Gasteiger partial charge < -0.3 is 14.8 Å². The molecule has 126 valence electrons. The molecule has 1 atom stereocenters. The molecular formula is C19H20ClNO3. The molecule has 1 unspecified atom stereocenters. The third-order valence-corrected chi connectivity index (χ3v) is 4.47. The monoisotopic (exact) mass is 345 g/mol. The highest BCUT2D eigenvalue weighted by molar-refractivity contribution is 6.30. The molecule has 5 heteroatoms. The van der Waals surface area contributed by atoms with Crippen molar-refractivity contribution in [2.45, 2.75) is 18.9 Å². The van der Waals surface area contributed by atoms with Crippen LogP contribution < -0.4 is 14.8 Å². The van der Waals surface area contributed by atoms with Gasteiger partial charge in [-0.2, -0.15) is 0 Å². The summed E-state index contributed by atoms with van der Waals surface area (Å²) in [4.78, 5) is 12.7. The van der Waals surface area contributed by atoms with Crippen molar-refractivity contribution in [1.82, 2.24) is 5.32 Å². The molecule has 24 heavy (non-hydrogen) atoms. The highest BCUT2D eigenvalue weighted by Gasteiger charge is 2.33. The zero-order chi connectivity index (χ0) is 17.1. The number of rotatable bonds is 6. The van der Waals surface area contributed by atoms with Crippen molar-refractivity contribution in [2.24, 2.45) is 5.92 Å². The predicted molar refractivity (Wildman–Crippen MR) is 93.9 cm³/mol. The Labute approximate surface area is 146 Å². The average molecular weight is 346 g/mol. The van der Waals surface area contributed by atoms with E-state index >= 15 is 0 Å². The normalized spacial score (nSPS) is 14.8. The van der Waals surface area contributed by atoms with Gasteiger partial charge in [0.15, 0.2) is 0 Å². The van der Waals surface area contributed by atoms with E-state index in [2.05, 4.69) is 5.32 Å². The van der Waals surface area contributed by atoms with Crippen molar-refractivity contribution in [3.05, 3.63) is 58.6 Å². The summed E-state index contributed by atoms with van der Waals surface area (Å²) in [6.45, 7) is 0. The average Bonchev–Trinajstić information content (AvgIpc) is 3.44. The van der Waals surface area contributed by atoms with Crippen molar-refractivity contribution in [3.63, 3.8) is 0 Å². The zero-order valence-electron chi connectivity index (χ0n) is 13.7. The fraction of sp³-hybridized carbons (Fsp3) is 0.316. The fourth-order valence-electron chi connectivity index (χ4n) is 2.74. The van der Waals surface area contributed by atoms with E-state index in [1.165, 1.54) is 0 Å². The number of amides is 1. The molecule has 0 aromatic heterocycles. The molecule has 0 aliphatic heterocycles. The van der Waals surface area contributed by atoms with Crippen molar-refractivity contribution in [2.75, 3.05) is 14.2 Å². The summed E-state index contributed by atoms with van der Waals surface area (Å²) in [7, 11) is 3.13. The number of methoxy groups -OCH3 is 2. The standard InChI is InChI=1S/C19H20ClNO3/c1-23-16-9-14(10-17(11-16)24-2)19(22)21-18(12-3-4-12)13-5-7-15(20)8-6-13/h5-12,18H,3-4H2,1-2H3,(H,21,22). The van der Waals surface area contributed by atoms with Crippen LogP contribution >= 0.6 is 11.6 Å². The van der Waals surface area contributed by atoms with Gasteiger partial charge in [0, 0.05) is 16.7 Å². The quantitative estimate of drug-likeness (QED) is 0.851. The van der Waals surface area contributed by atoms with Crippen molar-refractivity contribution in [3.8, 4) is 11.5 Å². The van der Waals surface area contributed by atoms with Crippen LogP contribution in [0.15, 0.2) is 42.5 Å². The Hall–Kier alpha value is -2.20. The van der Waals surface area contributed by atoms with Crippen LogP contribution in [0.1, 0.15) is 34.8 Å². The number of ether oxygens (including phenoxy) is 2. The molecule has 4 nitrogen and oxygen atoms in total. The smallest absolute Gasteiger partial charge is 0.252 e. The van der Waals surface area contributed by atoms with E-state index in [9.17, 15) is 4.79 Å². The maximum absolute atomic E-state index is 12.7. The van der Waals surface area contributed by atoms with Crippen LogP contribution in [0.25, 0.3) is 0 Å². The van der Waals surface area contributed by atoms with Crippen molar-refractivity contribution in [1.29, 1.82) is 0 Å². The van der Waals surface area contributed by atoms with Crippen LogP contribution in [0, 0.1) is 5.92 Å². The molecule has 1 amide bonds. The molecule has 0 spiro atoms. The Bertz CT molecular complexity index is 704. The number of hydrogen-bond acceptors (Lipinski definition) is 3. The lowest BCUT2D eigenvalue weighted by Gasteiger charge is -2.19. The van der Waals surface area contributed by atoms with Gasteiger partial charge in [-0.15, -0.1) is 0 Å². The van der Waals surface area contributed by atoms with Crippen LogP contribution in [-0.4, -0.2) is 20.1 Å². The Morgan fingerprint density at radius 3 is 2.17 bits per heavy atom. The van der Waals surface area contributed by atoms with Crippen LogP contribution in [0.2, 0.25) is 5.02 Å². The Balaban J connectivity index is 1.82. The highest BCUT2D eigenvalue weighted by Crippen LogP contribution is 2.41. The Morgan fingerprint density at radius 2 is 1.67 bits per heavy atom. The van der Waals surface area contributed by atoms with Crippen molar-refractivity contribution < 1.29 is 14.3 Å². The lowest BCUT2D eigenvalue weighted by molar-refractivity contribution is 0.0931. The molecule has 1 saturated carbocycles. The maximum Gasteiger partial charge on any atom is 0.252 e. The summed E-state index contributed by atoms with van der Waals surface area (Å²) >= 11 is 5.96. The first-order valence-electron chi connectivity index (χ1n) is 7.90. The summed E-state index contributed by atoms with van der Waals surface area (Å²) in [5.74, 6) is 1.52. The third kappa shape index (κ3) is 3.82. The molecule has 1 aliphatic rings. The second-order valence-corrected chi connectivity index (χ2v) is 6.38. The van der Waals surface area contributed by atoms with E-state index in [1.807, 2.05) is 24.3 Å². The number of benzene rings is 2. The minimum Gasteiger partial charge on any atom is -0.497 e. The van der Waals surface area contributed by atoms with Crippen LogP contribution in [0.5, 0.6) is 11.5 Å². The van der Waals surface area contributed by atoms with E-state index in [1.54, 1.807) is 32.4 Å². The summed E-state index contributed by atoms with van der Waals surface area (Å²) in [5.41, 5.74) is 1.59. The van der Waals surface area contributed by atoms with E-state index in [0.717, 1.165) is 18.4 Å². The van der Waals surface area contributed by atoms with Gasteiger partial charge in [-0.1, -0.05) is 23.7 Å². The topological polar surface area (TPSA) is 47.6 Å². The van der Waals surface area contributed by atoms with E-state index < -0.39 is 0 Å². The summed E-state index contributed by atoms with van der Waals surface area (Å²) in [5, 5.41) is 3.83. The number of hydrogen-bond donors (Lipinski definition) is 1. The molecule has 1 fully saturated rings. The van der Waals surface area contributed by atoms with Gasteiger partial charge in [-0.25, -0.2) is 0 Å². The minimum absolute atomic E-state index is 0.00744. The van der Waals surface area contributed by atoms with Gasteiger partial charge >= 0.3 is 0 Å². The van der Waals surface area contributed by atoms with E-state index in [0.29, 0.717) is 28.0 Å². The van der Waals surface area contributed by atoms with Crippen LogP contribution in [0.3, 0.4) is 0 Å². The highest BCUT2D eigenvalue weighted by atomic mass is 35.5. The first kappa shape index (κ1) is 16.7. The molecule has 0 radical (unpaired) electrons. The molecular weight excluding hydrogens is 326 g/mol. The van der Waals surface area contributed by atoms with E-state index in [4.69, 9.17) is 21.1 Å². The molecule has 2 aromatic carbocycles. The Morgan fingerprint density at radius 1 is 1.08 bits per heavy atom. The van der Waals surface area contributed by atoms with Crippen LogP contribution in [0.4, 0.5) is 0 Å². The number of carbonyl (C=O) groups excluding carboxylic acids is 1. The first-order valence-corrected chi connectivity index (χ1v) is 8.28. The molecule has 0 heterocycles. The second-order valence-electron chi connectivity index (χ2n) is 5.94. The summed E-state index contributed by atoms with van der Waals surface area (Å²) in [6.07, 6.45) is 2.24. The Kier molecular flexibility index (Phi) is 4.95. The van der Waals surface area contributed by atoms with Gasteiger partial charge in [0.25, 0.3) is 5.91 Å². The summed E-state index contributed by atoms with van der Waals surface area (Å²) < 4.78 is 10.5. The molecule has 0 saturated heterocycles. The third-order valence-electron chi connectivity index (χ3n) is 4.22. The SMILES string of the molecule is COc1cc(OC)cc(C(=O)NC(c2ccc(Cl)cc2)C2CC2)c1. The number of carbonyl (C=O) groups is 1. The first-order chi connectivity index (χ1) is 11.6. The fourth-order valence-corrected chi connectivity index (χ4v) is 2.86. The minimum atomic E-state index is -0.140. The van der Waals surface area contributed by atoms with Gasteiger partial charge in [-0.05, 0) is 48.6 Å². The van der Waals surface area contributed by atoms with Gasteiger partial charge in [0.05, 0.1) is 20.3 Å². The van der Waals surface area contributed by atoms with Gasteiger partial charge in [0.1, 0.15) is 11.5 Å². The zero-order valence-corrected chi connectivity index (χ0v) is 14.5. The van der Waals surface area contributed by atoms with Crippen LogP contribution in [-0.2, 0) is 0 Å². The maximum atomic E-state index is 12.7.